The van der Waals surface area contributed by atoms with Gasteiger partial charge in [-0.3, -0.25) is 4.68 Å². The van der Waals surface area contributed by atoms with E-state index in [2.05, 4.69) is 15.4 Å². The lowest BCUT2D eigenvalue weighted by molar-refractivity contribution is 0.0519. The van der Waals surface area contributed by atoms with Gasteiger partial charge in [-0.15, -0.1) is 11.3 Å². The Hall–Kier alpha value is -1.89. The third-order valence-electron chi connectivity index (χ3n) is 2.66. The number of hydrogen-bond donors (Lipinski definition) is 1. The van der Waals surface area contributed by atoms with Crippen molar-refractivity contribution in [2.24, 2.45) is 0 Å². The summed E-state index contributed by atoms with van der Waals surface area (Å²) in [5.41, 5.74) is 0.409. The molecule has 0 aliphatic rings. The number of esters is 1. The van der Waals surface area contributed by atoms with Crippen LogP contribution >= 0.6 is 11.3 Å². The Morgan fingerprint density at radius 3 is 3.10 bits per heavy atom. The number of thiazole rings is 1. The normalized spacial score (nSPS) is 10.5. The Morgan fingerprint density at radius 2 is 2.40 bits per heavy atom. The second-order valence-electron chi connectivity index (χ2n) is 4.19. The predicted octanol–water partition coefficient (Wildman–Crippen LogP) is 2.33. The molecule has 0 saturated carbocycles. The Labute approximate surface area is 121 Å². The molecule has 0 amide bonds. The van der Waals surface area contributed by atoms with Crippen molar-refractivity contribution in [3.63, 3.8) is 0 Å². The number of anilines is 1. The molecule has 2 aromatic rings. The molecule has 0 aromatic carbocycles. The van der Waals surface area contributed by atoms with Crippen molar-refractivity contribution in [1.29, 1.82) is 0 Å². The minimum Gasteiger partial charge on any atom is -0.461 e. The number of rotatable bonds is 7. The molecule has 0 aliphatic carbocycles. The van der Waals surface area contributed by atoms with Crippen LogP contribution in [0.25, 0.3) is 0 Å². The van der Waals surface area contributed by atoms with E-state index in [0.717, 1.165) is 29.5 Å². The van der Waals surface area contributed by atoms with Crippen molar-refractivity contribution in [1.82, 2.24) is 14.8 Å². The van der Waals surface area contributed by atoms with E-state index in [1.165, 1.54) is 11.3 Å². The molecule has 0 atom stereocenters. The van der Waals surface area contributed by atoms with Gasteiger partial charge in [0.25, 0.3) is 0 Å². The fourth-order valence-electron chi connectivity index (χ4n) is 1.73. The topological polar surface area (TPSA) is 69.0 Å². The molecule has 0 aliphatic heterocycles. The van der Waals surface area contributed by atoms with Crippen LogP contribution in [0.15, 0.2) is 18.5 Å². The van der Waals surface area contributed by atoms with Gasteiger partial charge in [0.1, 0.15) is 0 Å². The monoisotopic (exact) mass is 294 g/mol. The first-order valence-corrected chi connectivity index (χ1v) is 7.38. The molecule has 0 radical (unpaired) electrons. The predicted molar refractivity (Wildman–Crippen MR) is 78.1 cm³/mol. The van der Waals surface area contributed by atoms with Crippen LogP contribution in [0.2, 0.25) is 0 Å². The van der Waals surface area contributed by atoms with Crippen molar-refractivity contribution in [2.45, 2.75) is 26.8 Å². The summed E-state index contributed by atoms with van der Waals surface area (Å²) in [6.45, 7) is 5.67. The summed E-state index contributed by atoms with van der Waals surface area (Å²) in [6.07, 6.45) is 4.64. The highest BCUT2D eigenvalue weighted by atomic mass is 32.1. The molecule has 0 bridgehead atoms. The number of nitrogens with one attached hydrogen (secondary N) is 1. The number of hydrogen-bond acceptors (Lipinski definition) is 6. The van der Waals surface area contributed by atoms with Crippen molar-refractivity contribution < 1.29 is 9.53 Å². The summed E-state index contributed by atoms with van der Waals surface area (Å²) >= 11 is 1.47. The molecule has 0 unspecified atom stereocenters. The zero-order chi connectivity index (χ0) is 14.4. The summed E-state index contributed by atoms with van der Waals surface area (Å²) < 4.78 is 6.85. The van der Waals surface area contributed by atoms with E-state index in [-0.39, 0.29) is 5.97 Å². The van der Waals surface area contributed by atoms with Crippen molar-refractivity contribution in [3.05, 3.63) is 29.0 Å². The molecule has 2 heterocycles. The fourth-order valence-corrected chi connectivity index (χ4v) is 2.56. The van der Waals surface area contributed by atoms with Gasteiger partial charge >= 0.3 is 5.97 Å². The molecule has 1 N–H and O–H groups in total. The van der Waals surface area contributed by atoms with Crippen LogP contribution in [-0.4, -0.2) is 33.9 Å². The van der Waals surface area contributed by atoms with Crippen molar-refractivity contribution in [3.8, 4) is 0 Å². The molecule has 108 valence electrons. The molecule has 2 rings (SSSR count). The summed E-state index contributed by atoms with van der Waals surface area (Å²) in [4.78, 5) is 16.8. The lowest BCUT2D eigenvalue weighted by Crippen LogP contribution is -2.08. The van der Waals surface area contributed by atoms with E-state index in [4.69, 9.17) is 4.74 Å². The van der Waals surface area contributed by atoms with Gasteiger partial charge in [-0.25, -0.2) is 9.78 Å². The Morgan fingerprint density at radius 1 is 1.55 bits per heavy atom. The molecular formula is C13H18N4O2S. The molecule has 0 fully saturated rings. The SMILES string of the molecule is CCOC(=O)c1nc(NCCCn2cccn2)sc1C. The van der Waals surface area contributed by atoms with Gasteiger partial charge < -0.3 is 10.1 Å². The van der Waals surface area contributed by atoms with E-state index < -0.39 is 0 Å². The van der Waals surface area contributed by atoms with Gasteiger partial charge in [0.05, 0.1) is 6.61 Å². The third kappa shape index (κ3) is 3.80. The number of ether oxygens (including phenoxy) is 1. The van der Waals surface area contributed by atoms with Gasteiger partial charge in [0, 0.05) is 30.4 Å². The van der Waals surface area contributed by atoms with Gasteiger partial charge in [-0.05, 0) is 26.3 Å². The Kier molecular flexibility index (Phi) is 5.11. The summed E-state index contributed by atoms with van der Waals surface area (Å²) in [7, 11) is 0. The van der Waals surface area contributed by atoms with E-state index >= 15 is 0 Å². The molecule has 2 aromatic heterocycles. The summed E-state index contributed by atoms with van der Waals surface area (Å²) in [6, 6.07) is 1.91. The molecule has 20 heavy (non-hydrogen) atoms. The maximum Gasteiger partial charge on any atom is 0.358 e. The average Bonchev–Trinajstić information content (AvgIpc) is 3.04. The fraction of sp³-hybridized carbons (Fsp3) is 0.462. The van der Waals surface area contributed by atoms with Crippen LogP contribution in [0.1, 0.15) is 28.7 Å². The van der Waals surface area contributed by atoms with Gasteiger partial charge in [-0.1, -0.05) is 0 Å². The lowest BCUT2D eigenvalue weighted by Gasteiger charge is -2.02. The Balaban J connectivity index is 1.81. The first-order chi connectivity index (χ1) is 9.70. The van der Waals surface area contributed by atoms with Gasteiger partial charge in [0.15, 0.2) is 10.8 Å². The Bertz CT molecular complexity index is 551. The van der Waals surface area contributed by atoms with Crippen molar-refractivity contribution in [2.75, 3.05) is 18.5 Å². The second kappa shape index (κ2) is 7.04. The standard InChI is InChI=1S/C13H18N4O2S/c1-3-19-12(18)11-10(2)20-13(16-11)14-6-4-8-17-9-5-7-15-17/h5,7,9H,3-4,6,8H2,1-2H3,(H,14,16). The van der Waals surface area contributed by atoms with E-state index in [9.17, 15) is 4.79 Å². The zero-order valence-corrected chi connectivity index (χ0v) is 12.4. The molecular weight excluding hydrogens is 276 g/mol. The zero-order valence-electron chi connectivity index (χ0n) is 11.6. The smallest absolute Gasteiger partial charge is 0.358 e. The first kappa shape index (κ1) is 14.5. The number of nitrogens with zero attached hydrogens (tertiary/aromatic N) is 3. The minimum absolute atomic E-state index is 0.356. The summed E-state index contributed by atoms with van der Waals surface area (Å²) in [5.74, 6) is -0.356. The van der Waals surface area contributed by atoms with Crippen molar-refractivity contribution >= 4 is 22.4 Å². The maximum absolute atomic E-state index is 11.6. The minimum atomic E-state index is -0.356. The van der Waals surface area contributed by atoms with Crippen LogP contribution in [-0.2, 0) is 11.3 Å². The van der Waals surface area contributed by atoms with Crippen LogP contribution in [0, 0.1) is 6.92 Å². The van der Waals surface area contributed by atoms with Gasteiger partial charge in [0.2, 0.25) is 0 Å². The molecule has 0 spiro atoms. The van der Waals surface area contributed by atoms with Gasteiger partial charge in [-0.2, -0.15) is 5.10 Å². The van der Waals surface area contributed by atoms with Crippen LogP contribution in [0.3, 0.4) is 0 Å². The first-order valence-electron chi connectivity index (χ1n) is 6.56. The highest BCUT2D eigenvalue weighted by Gasteiger charge is 2.15. The third-order valence-corrected chi connectivity index (χ3v) is 3.59. The van der Waals surface area contributed by atoms with Crippen LogP contribution in [0.4, 0.5) is 5.13 Å². The molecule has 6 nitrogen and oxygen atoms in total. The molecule has 0 saturated heterocycles. The van der Waals surface area contributed by atoms with E-state index in [1.807, 2.05) is 23.9 Å². The van der Waals surface area contributed by atoms with E-state index in [1.54, 1.807) is 13.1 Å². The van der Waals surface area contributed by atoms with Crippen LogP contribution < -0.4 is 5.32 Å². The van der Waals surface area contributed by atoms with E-state index in [0.29, 0.717) is 12.3 Å². The number of carbonyl (C=O) groups is 1. The maximum atomic E-state index is 11.6. The molecule has 7 heteroatoms. The highest BCUT2D eigenvalue weighted by Crippen LogP contribution is 2.22. The highest BCUT2D eigenvalue weighted by molar-refractivity contribution is 7.15. The largest absolute Gasteiger partial charge is 0.461 e. The number of aryl methyl sites for hydroxylation is 2. The average molecular weight is 294 g/mol. The van der Waals surface area contributed by atoms with Crippen LogP contribution in [0.5, 0.6) is 0 Å². The number of carbonyl (C=O) groups excluding carboxylic acids is 1. The lowest BCUT2D eigenvalue weighted by atomic mass is 10.4. The number of aromatic nitrogens is 3. The summed E-state index contributed by atoms with van der Waals surface area (Å²) in [5, 5.41) is 8.12. The quantitative estimate of drug-likeness (QED) is 0.627. The second-order valence-corrected chi connectivity index (χ2v) is 5.40.